The van der Waals surface area contributed by atoms with E-state index in [-0.39, 0.29) is 9.92 Å². The molecule has 1 atom stereocenters. The molecule has 1 heterocycles. The van der Waals surface area contributed by atoms with E-state index in [1.54, 1.807) is 10.4 Å². The molecular weight excluding hydrogens is 296 g/mol. The van der Waals surface area contributed by atoms with E-state index in [2.05, 4.69) is 6.92 Å². The molecule has 1 fully saturated rings. The first-order chi connectivity index (χ1) is 9.45. The Morgan fingerprint density at radius 2 is 2.10 bits per heavy atom. The van der Waals surface area contributed by atoms with Crippen LogP contribution in [-0.2, 0) is 10.0 Å². The van der Waals surface area contributed by atoms with E-state index in [1.807, 2.05) is 0 Å². The largest absolute Gasteiger partial charge is 0.399 e. The summed E-state index contributed by atoms with van der Waals surface area (Å²) < 4.78 is 26.9. The lowest BCUT2D eigenvalue weighted by Crippen LogP contribution is -2.32. The summed E-state index contributed by atoms with van der Waals surface area (Å²) in [4.78, 5) is 0.120. The maximum atomic E-state index is 12.7. The molecule has 1 saturated heterocycles. The quantitative estimate of drug-likeness (QED) is 0.871. The molecule has 0 aliphatic carbocycles. The van der Waals surface area contributed by atoms with Crippen LogP contribution in [0.2, 0.25) is 5.02 Å². The van der Waals surface area contributed by atoms with E-state index < -0.39 is 10.0 Å². The Bertz CT molecular complexity index is 575. The van der Waals surface area contributed by atoms with E-state index in [9.17, 15) is 8.42 Å². The third-order valence-electron chi connectivity index (χ3n) is 3.96. The molecule has 1 unspecified atom stereocenters. The number of hydrogen-bond donors (Lipinski definition) is 1. The minimum Gasteiger partial charge on any atom is -0.399 e. The Labute approximate surface area is 126 Å². The number of anilines is 1. The third-order valence-corrected chi connectivity index (χ3v) is 6.34. The lowest BCUT2D eigenvalue weighted by molar-refractivity contribution is 0.407. The Morgan fingerprint density at radius 1 is 1.35 bits per heavy atom. The van der Waals surface area contributed by atoms with Gasteiger partial charge in [0.2, 0.25) is 10.0 Å². The van der Waals surface area contributed by atoms with Crippen molar-refractivity contribution in [2.75, 3.05) is 18.8 Å². The Kier molecular flexibility index (Phi) is 4.94. The molecule has 4 nitrogen and oxygen atoms in total. The zero-order valence-corrected chi connectivity index (χ0v) is 13.3. The smallest absolute Gasteiger partial charge is 0.244 e. The predicted octanol–water partition coefficient (Wildman–Crippen LogP) is 3.12. The molecule has 2 N–H and O–H groups in total. The van der Waals surface area contributed by atoms with Gasteiger partial charge >= 0.3 is 0 Å². The van der Waals surface area contributed by atoms with Crippen LogP contribution in [0.4, 0.5) is 5.69 Å². The van der Waals surface area contributed by atoms with E-state index in [0.29, 0.717) is 24.7 Å². The van der Waals surface area contributed by atoms with E-state index in [1.165, 1.54) is 12.1 Å². The molecule has 1 aromatic carbocycles. The highest BCUT2D eigenvalue weighted by atomic mass is 35.5. The second-order valence-electron chi connectivity index (χ2n) is 5.30. The first-order valence-corrected chi connectivity index (χ1v) is 8.82. The Hall–Kier alpha value is -0.780. The van der Waals surface area contributed by atoms with Crippen LogP contribution in [0.3, 0.4) is 0 Å². The summed E-state index contributed by atoms with van der Waals surface area (Å²) in [6, 6.07) is 4.59. The van der Waals surface area contributed by atoms with Gasteiger partial charge in [-0.05, 0) is 43.4 Å². The van der Waals surface area contributed by atoms with E-state index in [4.69, 9.17) is 17.3 Å². The number of nitrogens with two attached hydrogens (primary N) is 1. The molecule has 2 rings (SSSR count). The third kappa shape index (κ3) is 3.27. The number of nitrogens with zero attached hydrogens (tertiary/aromatic N) is 1. The van der Waals surface area contributed by atoms with Crippen LogP contribution in [-0.4, -0.2) is 25.8 Å². The first-order valence-electron chi connectivity index (χ1n) is 7.00. The fourth-order valence-electron chi connectivity index (χ4n) is 2.64. The first kappa shape index (κ1) is 15.6. The highest BCUT2D eigenvalue weighted by Gasteiger charge is 2.29. The van der Waals surface area contributed by atoms with Crippen molar-refractivity contribution in [3.05, 3.63) is 23.2 Å². The number of hydrogen-bond acceptors (Lipinski definition) is 3. The molecule has 0 saturated carbocycles. The summed E-state index contributed by atoms with van der Waals surface area (Å²) in [6.45, 7) is 3.28. The number of rotatable bonds is 3. The van der Waals surface area contributed by atoms with Gasteiger partial charge in [0.25, 0.3) is 0 Å². The second kappa shape index (κ2) is 6.33. The number of halogens is 1. The van der Waals surface area contributed by atoms with Crippen molar-refractivity contribution < 1.29 is 8.42 Å². The highest BCUT2D eigenvalue weighted by Crippen LogP contribution is 2.29. The predicted molar refractivity (Wildman–Crippen MR) is 82.3 cm³/mol. The topological polar surface area (TPSA) is 63.4 Å². The van der Waals surface area contributed by atoms with Gasteiger partial charge in [-0.1, -0.05) is 24.9 Å². The summed E-state index contributed by atoms with van der Waals surface area (Å²) in [5, 5.41) is 0.232. The molecule has 0 radical (unpaired) electrons. The standard InChI is InChI=1S/C14H21ClN2O2S/c1-2-11-4-3-8-17(9-7-11)20(18,19)14-10-12(16)5-6-13(14)15/h5-6,10-11H,2-4,7-9,16H2,1H3. The molecule has 112 valence electrons. The fourth-order valence-corrected chi connectivity index (χ4v) is 4.65. The summed E-state index contributed by atoms with van der Waals surface area (Å²) in [5.41, 5.74) is 6.10. The van der Waals surface area contributed by atoms with E-state index in [0.717, 1.165) is 25.7 Å². The van der Waals surface area contributed by atoms with Crippen LogP contribution in [0.15, 0.2) is 23.1 Å². The van der Waals surface area contributed by atoms with Crippen molar-refractivity contribution in [2.24, 2.45) is 5.92 Å². The minimum atomic E-state index is -3.55. The highest BCUT2D eigenvalue weighted by molar-refractivity contribution is 7.89. The fraction of sp³-hybridized carbons (Fsp3) is 0.571. The molecular formula is C14H21ClN2O2S. The van der Waals surface area contributed by atoms with Crippen molar-refractivity contribution in [1.29, 1.82) is 0 Å². The van der Waals surface area contributed by atoms with Crippen LogP contribution in [0.5, 0.6) is 0 Å². The molecule has 6 heteroatoms. The lowest BCUT2D eigenvalue weighted by atomic mass is 9.98. The monoisotopic (exact) mass is 316 g/mol. The normalized spacial score (nSPS) is 21.6. The van der Waals surface area contributed by atoms with Crippen molar-refractivity contribution in [3.63, 3.8) is 0 Å². The maximum absolute atomic E-state index is 12.7. The lowest BCUT2D eigenvalue weighted by Gasteiger charge is -2.21. The maximum Gasteiger partial charge on any atom is 0.244 e. The number of nitrogen functional groups attached to an aromatic ring is 1. The Morgan fingerprint density at radius 3 is 2.80 bits per heavy atom. The van der Waals surface area contributed by atoms with Crippen LogP contribution < -0.4 is 5.73 Å². The SMILES string of the molecule is CCC1CCCN(S(=O)(=O)c2cc(N)ccc2Cl)CC1. The summed E-state index contributed by atoms with van der Waals surface area (Å²) in [6.07, 6.45) is 4.01. The molecule has 0 aromatic heterocycles. The van der Waals surface area contributed by atoms with Crippen LogP contribution in [0.1, 0.15) is 32.6 Å². The molecule has 0 spiro atoms. The van der Waals surface area contributed by atoms with Gasteiger partial charge in [0.15, 0.2) is 0 Å². The summed E-state index contributed by atoms with van der Waals surface area (Å²) >= 11 is 6.04. The van der Waals surface area contributed by atoms with Gasteiger partial charge in [-0.15, -0.1) is 0 Å². The summed E-state index contributed by atoms with van der Waals surface area (Å²) in [5.74, 6) is 0.617. The minimum absolute atomic E-state index is 0.120. The number of sulfonamides is 1. The van der Waals surface area contributed by atoms with Crippen LogP contribution in [0, 0.1) is 5.92 Å². The van der Waals surface area contributed by atoms with Gasteiger partial charge in [-0.25, -0.2) is 8.42 Å². The Balaban J connectivity index is 2.28. The molecule has 0 amide bonds. The molecule has 1 aliphatic rings. The molecule has 1 aromatic rings. The van der Waals surface area contributed by atoms with Gasteiger partial charge in [0.1, 0.15) is 4.90 Å². The summed E-state index contributed by atoms with van der Waals surface area (Å²) in [7, 11) is -3.55. The molecule has 1 aliphatic heterocycles. The zero-order valence-electron chi connectivity index (χ0n) is 11.7. The number of benzene rings is 1. The second-order valence-corrected chi connectivity index (χ2v) is 7.61. The van der Waals surface area contributed by atoms with Gasteiger partial charge in [-0.3, -0.25) is 0 Å². The van der Waals surface area contributed by atoms with Gasteiger partial charge in [0.05, 0.1) is 5.02 Å². The molecule has 0 bridgehead atoms. The van der Waals surface area contributed by atoms with E-state index >= 15 is 0 Å². The van der Waals surface area contributed by atoms with Crippen molar-refractivity contribution in [1.82, 2.24) is 4.31 Å². The van der Waals surface area contributed by atoms with Gasteiger partial charge in [0, 0.05) is 18.8 Å². The van der Waals surface area contributed by atoms with Crippen molar-refractivity contribution in [3.8, 4) is 0 Å². The average Bonchev–Trinajstić information content (AvgIpc) is 2.67. The van der Waals surface area contributed by atoms with Gasteiger partial charge in [-0.2, -0.15) is 4.31 Å². The van der Waals surface area contributed by atoms with Crippen molar-refractivity contribution in [2.45, 2.75) is 37.5 Å². The molecule has 20 heavy (non-hydrogen) atoms. The van der Waals surface area contributed by atoms with Crippen LogP contribution >= 0.6 is 11.6 Å². The average molecular weight is 317 g/mol. The van der Waals surface area contributed by atoms with Crippen LogP contribution in [0.25, 0.3) is 0 Å². The van der Waals surface area contributed by atoms with Crippen molar-refractivity contribution >= 4 is 27.3 Å². The zero-order chi connectivity index (χ0) is 14.8. The van der Waals surface area contributed by atoms with Gasteiger partial charge < -0.3 is 5.73 Å².